The van der Waals surface area contributed by atoms with Gasteiger partial charge < -0.3 is 4.90 Å². The molecule has 198 valence electrons. The fourth-order valence-electron chi connectivity index (χ4n) is 3.58. The molecule has 3 aromatic rings. The monoisotopic (exact) mass is 513 g/mol. The largest absolute Gasteiger partial charge is 0.343 e. The highest BCUT2D eigenvalue weighted by Crippen LogP contribution is 2.32. The molecule has 0 spiro atoms. The van der Waals surface area contributed by atoms with Gasteiger partial charge in [0.1, 0.15) is 11.2 Å². The minimum Gasteiger partial charge on any atom is -0.343 e. The molecule has 4 rings (SSSR count). The Morgan fingerprint density at radius 1 is 1.11 bits per heavy atom. The van der Waals surface area contributed by atoms with E-state index in [1.54, 1.807) is 24.8 Å². The van der Waals surface area contributed by atoms with Crippen LogP contribution in [0.25, 0.3) is 10.7 Å². The zero-order chi connectivity index (χ0) is 27.1. The van der Waals surface area contributed by atoms with Crippen molar-refractivity contribution in [3.05, 3.63) is 47.4 Å². The minimum absolute atomic E-state index is 0.173. The summed E-state index contributed by atoms with van der Waals surface area (Å²) >= 11 is 1.46. The number of aryl methyl sites for hydroxylation is 1. The quantitative estimate of drug-likeness (QED) is 0.404. The summed E-state index contributed by atoms with van der Waals surface area (Å²) in [4.78, 5) is 30.7. The molecule has 1 fully saturated rings. The predicted octanol–water partition coefficient (Wildman–Crippen LogP) is 6.32. The van der Waals surface area contributed by atoms with Gasteiger partial charge in [-0.2, -0.15) is 0 Å². The number of rotatable bonds is 3. The van der Waals surface area contributed by atoms with Crippen molar-refractivity contribution in [2.24, 2.45) is 5.92 Å². The summed E-state index contributed by atoms with van der Waals surface area (Å²) in [5.41, 5.74) is 5.50. The van der Waals surface area contributed by atoms with Gasteiger partial charge in [0.05, 0.1) is 23.3 Å². The number of hydrogen-bond donors (Lipinski definition) is 0. The first-order valence-electron chi connectivity index (χ1n) is 12.9. The van der Waals surface area contributed by atoms with Crippen molar-refractivity contribution in [3.8, 4) is 10.7 Å². The number of piperidine rings is 1. The number of carbonyl (C=O) groups is 1. The van der Waals surface area contributed by atoms with Crippen LogP contribution in [0.15, 0.2) is 30.3 Å². The Kier molecular flexibility index (Phi) is 14.6. The van der Waals surface area contributed by atoms with E-state index in [4.69, 9.17) is 4.98 Å². The van der Waals surface area contributed by atoms with Crippen molar-refractivity contribution in [1.82, 2.24) is 35.0 Å². The van der Waals surface area contributed by atoms with Gasteiger partial charge in [0.25, 0.3) is 0 Å². The lowest BCUT2D eigenvalue weighted by molar-refractivity contribution is -0.130. The first kappa shape index (κ1) is 31.2. The van der Waals surface area contributed by atoms with Crippen LogP contribution in [0.4, 0.5) is 0 Å². The third-order valence-electron chi connectivity index (χ3n) is 5.33. The van der Waals surface area contributed by atoms with E-state index in [9.17, 15) is 4.79 Å². The minimum atomic E-state index is 0.173. The first-order valence-corrected chi connectivity index (χ1v) is 13.8. The van der Waals surface area contributed by atoms with Gasteiger partial charge in [0.2, 0.25) is 5.91 Å². The van der Waals surface area contributed by atoms with Crippen LogP contribution in [0.1, 0.15) is 97.1 Å². The number of likely N-dealkylation sites (tertiary alicyclic amines) is 1. The van der Waals surface area contributed by atoms with Gasteiger partial charge in [-0.3, -0.25) is 19.7 Å². The van der Waals surface area contributed by atoms with E-state index in [1.807, 2.05) is 38.1 Å². The second kappa shape index (κ2) is 16.8. The standard InChI is InChI=1S/C15H23N3O.C7H6N4S.C3H8.C2H6/c1-10(2)14-7-16-8-15(17-14)13-5-6-18(12(4)19)9-11(13)3;1-5-2-8-3-6(10-5)7-11-9-4-12-7;1-3-2;1-2/h7-8,10-11,13H,5-6,9H2,1-4H3;2-4H,1H3;3H2,1-2H3;1-2H3. The van der Waals surface area contributed by atoms with Crippen molar-refractivity contribution < 1.29 is 4.79 Å². The average Bonchev–Trinajstić information content (AvgIpc) is 3.41. The normalized spacial score (nSPS) is 16.6. The van der Waals surface area contributed by atoms with Crippen LogP contribution in [0.2, 0.25) is 0 Å². The first-order chi connectivity index (χ1) is 17.3. The average molecular weight is 514 g/mol. The molecule has 2 atom stereocenters. The topological polar surface area (TPSA) is 97.7 Å². The van der Waals surface area contributed by atoms with Crippen LogP contribution in [0.5, 0.6) is 0 Å². The van der Waals surface area contributed by atoms with E-state index >= 15 is 0 Å². The van der Waals surface area contributed by atoms with Crippen molar-refractivity contribution in [1.29, 1.82) is 0 Å². The maximum atomic E-state index is 11.4. The number of hydrogen-bond acceptors (Lipinski definition) is 8. The second-order valence-corrected chi connectivity index (χ2v) is 9.69. The fourth-order valence-corrected chi connectivity index (χ4v) is 4.08. The molecule has 1 saturated heterocycles. The van der Waals surface area contributed by atoms with Crippen molar-refractivity contribution in [3.63, 3.8) is 0 Å². The summed E-state index contributed by atoms with van der Waals surface area (Å²) in [6.45, 7) is 19.9. The van der Waals surface area contributed by atoms with Crippen molar-refractivity contribution >= 4 is 17.2 Å². The zero-order valence-corrected chi connectivity index (χ0v) is 24.2. The van der Waals surface area contributed by atoms with E-state index in [-0.39, 0.29) is 5.91 Å². The van der Waals surface area contributed by atoms with Gasteiger partial charge in [-0.1, -0.05) is 66.2 Å². The molecular formula is C27H43N7OS. The van der Waals surface area contributed by atoms with E-state index < -0.39 is 0 Å². The number of aromatic nitrogens is 6. The van der Waals surface area contributed by atoms with Gasteiger partial charge in [-0.25, -0.2) is 4.98 Å². The molecule has 0 radical (unpaired) electrons. The van der Waals surface area contributed by atoms with Crippen LogP contribution >= 0.6 is 11.3 Å². The highest BCUT2D eigenvalue weighted by molar-refractivity contribution is 7.12. The Balaban J connectivity index is 0.000000325. The summed E-state index contributed by atoms with van der Waals surface area (Å²) in [6.07, 6.45) is 9.37. The lowest BCUT2D eigenvalue weighted by Gasteiger charge is -2.36. The van der Waals surface area contributed by atoms with Crippen molar-refractivity contribution in [2.75, 3.05) is 13.1 Å². The molecule has 9 heteroatoms. The number of amides is 1. The summed E-state index contributed by atoms with van der Waals surface area (Å²) in [6, 6.07) is 0. The maximum absolute atomic E-state index is 11.4. The van der Waals surface area contributed by atoms with Gasteiger partial charge in [-0.15, -0.1) is 10.2 Å². The van der Waals surface area contributed by atoms with E-state index in [0.717, 1.165) is 47.3 Å². The lowest BCUT2D eigenvalue weighted by Crippen LogP contribution is -2.41. The van der Waals surface area contributed by atoms with Crippen LogP contribution in [0.3, 0.4) is 0 Å². The van der Waals surface area contributed by atoms with Gasteiger partial charge in [0.15, 0.2) is 5.01 Å². The predicted molar refractivity (Wildman–Crippen MR) is 148 cm³/mol. The molecule has 2 unspecified atom stereocenters. The van der Waals surface area contributed by atoms with Crippen LogP contribution in [0, 0.1) is 12.8 Å². The Morgan fingerprint density at radius 2 is 1.78 bits per heavy atom. The molecule has 0 aromatic carbocycles. The Morgan fingerprint density at radius 3 is 2.31 bits per heavy atom. The molecule has 4 heterocycles. The summed E-state index contributed by atoms with van der Waals surface area (Å²) in [5.74, 6) is 1.43. The van der Waals surface area contributed by atoms with E-state index in [2.05, 4.69) is 59.8 Å². The summed E-state index contributed by atoms with van der Waals surface area (Å²) in [7, 11) is 0. The molecule has 36 heavy (non-hydrogen) atoms. The van der Waals surface area contributed by atoms with Gasteiger partial charge >= 0.3 is 0 Å². The molecule has 1 amide bonds. The molecular weight excluding hydrogens is 470 g/mol. The number of nitrogens with zero attached hydrogens (tertiary/aromatic N) is 7. The Bertz CT molecular complexity index is 1010. The molecule has 8 nitrogen and oxygen atoms in total. The van der Waals surface area contributed by atoms with Gasteiger partial charge in [0, 0.05) is 44.5 Å². The molecule has 0 aliphatic carbocycles. The highest BCUT2D eigenvalue weighted by Gasteiger charge is 2.29. The van der Waals surface area contributed by atoms with Crippen molar-refractivity contribution in [2.45, 2.75) is 87.0 Å². The van der Waals surface area contributed by atoms with Gasteiger partial charge in [-0.05, 0) is 25.2 Å². The smallest absolute Gasteiger partial charge is 0.219 e. The summed E-state index contributed by atoms with van der Waals surface area (Å²) < 4.78 is 0. The van der Waals surface area contributed by atoms with E-state index in [0.29, 0.717) is 17.8 Å². The lowest BCUT2D eigenvalue weighted by atomic mass is 9.84. The SMILES string of the molecule is CC.CC(=O)N1CCC(c2cncc(C(C)C)n2)C(C)C1.CCC.Cc1cncc(-c2nncs2)n1. The van der Waals surface area contributed by atoms with Crippen LogP contribution in [-0.4, -0.2) is 54.0 Å². The van der Waals surface area contributed by atoms with Crippen LogP contribution in [-0.2, 0) is 4.79 Å². The molecule has 0 saturated carbocycles. The second-order valence-electron chi connectivity index (χ2n) is 8.86. The fraction of sp³-hybridized carbons (Fsp3) is 0.593. The third kappa shape index (κ3) is 10.0. The Labute approximate surface area is 221 Å². The zero-order valence-electron chi connectivity index (χ0n) is 23.4. The molecule has 1 aliphatic rings. The molecule has 0 N–H and O–H groups in total. The van der Waals surface area contributed by atoms with Crippen LogP contribution < -0.4 is 0 Å². The summed E-state index contributed by atoms with van der Waals surface area (Å²) in [5, 5.41) is 8.43. The molecule has 1 aliphatic heterocycles. The Hall–Kier alpha value is -2.81. The number of carbonyl (C=O) groups excluding carboxylic acids is 1. The van der Waals surface area contributed by atoms with E-state index in [1.165, 1.54) is 17.8 Å². The maximum Gasteiger partial charge on any atom is 0.219 e. The molecule has 3 aromatic heterocycles. The highest BCUT2D eigenvalue weighted by atomic mass is 32.1. The molecule has 0 bridgehead atoms. The third-order valence-corrected chi connectivity index (χ3v) is 6.04.